The van der Waals surface area contributed by atoms with Gasteiger partial charge in [0.2, 0.25) is 10.0 Å². The molecule has 3 N–H and O–H groups in total. The van der Waals surface area contributed by atoms with E-state index in [1.54, 1.807) is 12.1 Å². The Hall–Kier alpha value is -0.310. The Labute approximate surface area is 139 Å². The fraction of sp³-hybridized carbons (Fsp3) is 0.0909. The van der Waals surface area contributed by atoms with Gasteiger partial charge in [0.25, 0.3) is 0 Å². The first-order valence-electron chi connectivity index (χ1n) is 5.28. The molecule has 9 heteroatoms. The van der Waals surface area contributed by atoms with Gasteiger partial charge in [-0.1, -0.05) is 23.2 Å². The first-order chi connectivity index (χ1) is 9.29. The van der Waals surface area contributed by atoms with Crippen molar-refractivity contribution in [2.45, 2.75) is 11.4 Å². The van der Waals surface area contributed by atoms with Crippen molar-refractivity contribution in [1.82, 2.24) is 4.72 Å². The van der Waals surface area contributed by atoms with Gasteiger partial charge < -0.3 is 5.73 Å². The van der Waals surface area contributed by atoms with Crippen LogP contribution in [0.3, 0.4) is 0 Å². The van der Waals surface area contributed by atoms with E-state index in [2.05, 4.69) is 20.7 Å². The number of hydrogen-bond acceptors (Lipinski definition) is 4. The molecule has 0 aliphatic carbocycles. The third-order valence-electron chi connectivity index (χ3n) is 2.39. The molecule has 1 aromatic carbocycles. The van der Waals surface area contributed by atoms with Crippen molar-refractivity contribution in [3.8, 4) is 0 Å². The molecule has 1 heterocycles. The molecule has 0 fully saturated rings. The summed E-state index contributed by atoms with van der Waals surface area (Å²) in [5.41, 5.74) is 5.95. The lowest BCUT2D eigenvalue weighted by atomic mass is 10.3. The molecule has 0 unspecified atom stereocenters. The number of sulfonamides is 1. The topological polar surface area (TPSA) is 72.2 Å². The average Bonchev–Trinajstić information content (AvgIpc) is 2.77. The highest BCUT2D eigenvalue weighted by Gasteiger charge is 2.20. The first-order valence-corrected chi connectivity index (χ1v) is 9.13. The molecular weight excluding hydrogens is 407 g/mol. The molecule has 0 aliphatic rings. The summed E-state index contributed by atoms with van der Waals surface area (Å²) in [5.74, 6) is 0. The number of rotatable bonds is 4. The van der Waals surface area contributed by atoms with Gasteiger partial charge in [-0.3, -0.25) is 0 Å². The largest absolute Gasteiger partial charge is 0.398 e. The number of anilines is 1. The van der Waals surface area contributed by atoms with E-state index >= 15 is 0 Å². The third kappa shape index (κ3) is 3.66. The zero-order valence-corrected chi connectivity index (χ0v) is 14.6. The number of nitrogens with one attached hydrogen (secondary N) is 1. The second kappa shape index (κ2) is 6.21. The summed E-state index contributed by atoms with van der Waals surface area (Å²) in [7, 11) is -3.72. The Bertz CT molecular complexity index is 747. The Balaban J connectivity index is 2.27. The number of thiophene rings is 1. The van der Waals surface area contributed by atoms with Gasteiger partial charge in [0, 0.05) is 22.1 Å². The van der Waals surface area contributed by atoms with E-state index in [9.17, 15) is 8.42 Å². The van der Waals surface area contributed by atoms with Crippen LogP contribution in [0.25, 0.3) is 0 Å². The zero-order chi connectivity index (χ0) is 14.9. The van der Waals surface area contributed by atoms with Gasteiger partial charge in [-0.2, -0.15) is 0 Å². The van der Waals surface area contributed by atoms with Gasteiger partial charge >= 0.3 is 0 Å². The van der Waals surface area contributed by atoms with E-state index in [1.165, 1.54) is 23.5 Å². The van der Waals surface area contributed by atoms with Gasteiger partial charge in [-0.25, -0.2) is 13.1 Å². The Morgan fingerprint density at radius 3 is 2.60 bits per heavy atom. The van der Waals surface area contributed by atoms with Crippen LogP contribution in [0, 0.1) is 0 Å². The highest BCUT2D eigenvalue weighted by atomic mass is 79.9. The number of halogens is 3. The second-order valence-corrected chi connectivity index (χ2v) is 8.60. The van der Waals surface area contributed by atoms with Crippen LogP contribution in [0.1, 0.15) is 4.88 Å². The maximum absolute atomic E-state index is 12.3. The standard InChI is InChI=1S/C11H9BrCl2N2O2S2/c12-11-8(15)3-6(13)4-9(11)20(17,18)16-5-7-1-2-10(14)19-7/h1-4,16H,5,15H2. The summed E-state index contributed by atoms with van der Waals surface area (Å²) in [6.07, 6.45) is 0. The SMILES string of the molecule is Nc1cc(Cl)cc(S(=O)(=O)NCc2ccc(Cl)s2)c1Br. The molecule has 2 aromatic rings. The number of nitrogens with two attached hydrogens (primary N) is 1. The van der Waals surface area contributed by atoms with Crippen molar-refractivity contribution in [1.29, 1.82) is 0 Å². The number of hydrogen-bond donors (Lipinski definition) is 2. The molecular formula is C11H9BrCl2N2O2S2. The average molecular weight is 416 g/mol. The van der Waals surface area contributed by atoms with Crippen molar-refractivity contribution in [2.24, 2.45) is 0 Å². The van der Waals surface area contributed by atoms with Crippen molar-refractivity contribution < 1.29 is 8.42 Å². The van der Waals surface area contributed by atoms with Crippen LogP contribution in [0.5, 0.6) is 0 Å². The molecule has 0 bridgehead atoms. The normalized spacial score (nSPS) is 11.8. The first kappa shape index (κ1) is 16.1. The van der Waals surface area contributed by atoms with E-state index in [-0.39, 0.29) is 22.2 Å². The van der Waals surface area contributed by atoms with Gasteiger partial charge in [-0.15, -0.1) is 11.3 Å². The van der Waals surface area contributed by atoms with Crippen LogP contribution in [0.2, 0.25) is 9.36 Å². The molecule has 0 saturated carbocycles. The molecule has 0 atom stereocenters. The molecule has 0 amide bonds. The van der Waals surface area contributed by atoms with Crippen LogP contribution in [0.4, 0.5) is 5.69 Å². The fourth-order valence-corrected chi connectivity index (χ4v) is 4.89. The summed E-state index contributed by atoms with van der Waals surface area (Å²) < 4.78 is 27.9. The van der Waals surface area contributed by atoms with Gasteiger partial charge in [-0.05, 0) is 40.2 Å². The molecule has 20 heavy (non-hydrogen) atoms. The molecule has 0 spiro atoms. The summed E-state index contributed by atoms with van der Waals surface area (Å²) in [6, 6.07) is 6.29. The van der Waals surface area contributed by atoms with Gasteiger partial charge in [0.05, 0.1) is 13.7 Å². The maximum atomic E-state index is 12.3. The molecule has 0 aliphatic heterocycles. The molecule has 2 rings (SSSR count). The van der Waals surface area contributed by atoms with Crippen molar-refractivity contribution in [3.05, 3.63) is 43.0 Å². The monoisotopic (exact) mass is 414 g/mol. The van der Waals surface area contributed by atoms with E-state index in [0.29, 0.717) is 8.81 Å². The lowest BCUT2D eigenvalue weighted by molar-refractivity contribution is 0.581. The minimum atomic E-state index is -3.72. The lowest BCUT2D eigenvalue weighted by Crippen LogP contribution is -2.23. The predicted octanol–water partition coefficient (Wildman–Crippen LogP) is 3.88. The molecule has 0 saturated heterocycles. The molecule has 108 valence electrons. The van der Waals surface area contributed by atoms with Crippen LogP contribution >= 0.6 is 50.5 Å². The van der Waals surface area contributed by atoms with E-state index in [4.69, 9.17) is 28.9 Å². The number of nitrogen functional groups attached to an aromatic ring is 1. The van der Waals surface area contributed by atoms with Crippen LogP contribution in [-0.4, -0.2) is 8.42 Å². The minimum Gasteiger partial charge on any atom is -0.398 e. The van der Waals surface area contributed by atoms with Gasteiger partial charge in [0.15, 0.2) is 0 Å². The van der Waals surface area contributed by atoms with E-state index < -0.39 is 10.0 Å². The Morgan fingerprint density at radius 1 is 1.30 bits per heavy atom. The lowest BCUT2D eigenvalue weighted by Gasteiger charge is -2.10. The van der Waals surface area contributed by atoms with Crippen molar-refractivity contribution in [3.63, 3.8) is 0 Å². The number of benzene rings is 1. The Kier molecular flexibility index (Phi) is 4.99. The smallest absolute Gasteiger partial charge is 0.242 e. The highest BCUT2D eigenvalue weighted by Crippen LogP contribution is 2.31. The summed E-state index contributed by atoms with van der Waals surface area (Å²) in [5, 5.41) is 0.255. The second-order valence-electron chi connectivity index (χ2n) is 3.84. The molecule has 4 nitrogen and oxygen atoms in total. The third-order valence-corrected chi connectivity index (χ3v) is 6.41. The fourth-order valence-electron chi connectivity index (χ4n) is 1.47. The quantitative estimate of drug-likeness (QED) is 0.744. The van der Waals surface area contributed by atoms with Crippen LogP contribution in [-0.2, 0) is 16.6 Å². The molecule has 0 radical (unpaired) electrons. The van der Waals surface area contributed by atoms with E-state index in [0.717, 1.165) is 4.88 Å². The van der Waals surface area contributed by atoms with Gasteiger partial charge in [0.1, 0.15) is 0 Å². The predicted molar refractivity (Wildman–Crippen MR) is 86.9 cm³/mol. The summed E-state index contributed by atoms with van der Waals surface area (Å²) >= 11 is 16.1. The summed E-state index contributed by atoms with van der Waals surface area (Å²) in [4.78, 5) is 0.815. The Morgan fingerprint density at radius 2 is 2.00 bits per heavy atom. The summed E-state index contributed by atoms with van der Waals surface area (Å²) in [6.45, 7) is 0.151. The highest BCUT2D eigenvalue weighted by molar-refractivity contribution is 9.10. The van der Waals surface area contributed by atoms with Crippen molar-refractivity contribution >= 4 is 66.2 Å². The van der Waals surface area contributed by atoms with Crippen molar-refractivity contribution in [2.75, 3.05) is 5.73 Å². The van der Waals surface area contributed by atoms with Crippen LogP contribution in [0.15, 0.2) is 33.6 Å². The molecule has 1 aromatic heterocycles. The van der Waals surface area contributed by atoms with Crippen LogP contribution < -0.4 is 10.5 Å². The maximum Gasteiger partial charge on any atom is 0.242 e. The van der Waals surface area contributed by atoms with E-state index in [1.807, 2.05) is 0 Å². The zero-order valence-electron chi connectivity index (χ0n) is 9.86. The minimum absolute atomic E-state index is 0.00477.